The number of aryl methyl sites for hydroxylation is 2. The Hall–Kier alpha value is -1.98. The lowest BCUT2D eigenvalue weighted by Gasteiger charge is -1.98. The molecule has 23 heavy (non-hydrogen) atoms. The molecule has 0 saturated carbocycles. The molecule has 0 N–H and O–H groups in total. The quantitative estimate of drug-likeness (QED) is 0.499. The molecular formula is C18H13BrN2OS. The number of benzene rings is 2. The first-order valence-electron chi connectivity index (χ1n) is 7.23. The molecule has 0 amide bonds. The number of fused-ring (bicyclic) bond motifs is 3. The van der Waals surface area contributed by atoms with Gasteiger partial charge in [0.25, 0.3) is 5.56 Å². The van der Waals surface area contributed by atoms with Crippen molar-refractivity contribution in [1.82, 2.24) is 9.38 Å². The maximum Gasteiger partial charge on any atom is 0.274 e. The molecule has 5 heteroatoms. The highest BCUT2D eigenvalue weighted by Gasteiger charge is 2.12. The van der Waals surface area contributed by atoms with Gasteiger partial charge in [0.05, 0.1) is 15.6 Å². The van der Waals surface area contributed by atoms with Crippen LogP contribution in [0.15, 0.2) is 45.7 Å². The lowest BCUT2D eigenvalue weighted by Crippen LogP contribution is -2.22. The topological polar surface area (TPSA) is 34.4 Å². The summed E-state index contributed by atoms with van der Waals surface area (Å²) in [6.07, 6.45) is 1.92. The van der Waals surface area contributed by atoms with E-state index in [2.05, 4.69) is 34.8 Å². The second-order valence-corrected chi connectivity index (χ2v) is 7.46. The van der Waals surface area contributed by atoms with E-state index < -0.39 is 0 Å². The SMILES string of the molecule is Cc1cc2nc3sc(=Cc4ccccc4Br)c(=O)n3c2cc1C. The summed E-state index contributed by atoms with van der Waals surface area (Å²) in [5.41, 5.74) is 5.11. The lowest BCUT2D eigenvalue weighted by atomic mass is 10.1. The molecule has 0 radical (unpaired) electrons. The Balaban J connectivity index is 2.05. The third kappa shape index (κ3) is 2.31. The van der Waals surface area contributed by atoms with E-state index in [1.54, 1.807) is 4.40 Å². The number of thiazole rings is 1. The van der Waals surface area contributed by atoms with Crippen molar-refractivity contribution in [2.45, 2.75) is 13.8 Å². The van der Waals surface area contributed by atoms with Crippen molar-refractivity contribution in [1.29, 1.82) is 0 Å². The molecular weight excluding hydrogens is 372 g/mol. The van der Waals surface area contributed by atoms with Crippen molar-refractivity contribution in [3.8, 4) is 0 Å². The van der Waals surface area contributed by atoms with Crippen molar-refractivity contribution >= 4 is 49.3 Å². The molecule has 0 saturated heterocycles. The predicted molar refractivity (Wildman–Crippen MR) is 99.2 cm³/mol. The van der Waals surface area contributed by atoms with Gasteiger partial charge in [-0.15, -0.1) is 0 Å². The summed E-state index contributed by atoms with van der Waals surface area (Å²) in [6, 6.07) is 12.0. The molecule has 4 aromatic rings. The van der Waals surface area contributed by atoms with Gasteiger partial charge in [0.2, 0.25) is 0 Å². The zero-order valence-electron chi connectivity index (χ0n) is 12.6. The molecule has 0 atom stereocenters. The largest absolute Gasteiger partial charge is 0.274 e. The van der Waals surface area contributed by atoms with Gasteiger partial charge < -0.3 is 0 Å². The van der Waals surface area contributed by atoms with E-state index >= 15 is 0 Å². The molecule has 2 aromatic heterocycles. The fourth-order valence-corrected chi connectivity index (χ4v) is 4.03. The van der Waals surface area contributed by atoms with Crippen molar-refractivity contribution in [2.24, 2.45) is 0 Å². The zero-order valence-corrected chi connectivity index (χ0v) is 15.0. The first-order valence-corrected chi connectivity index (χ1v) is 8.84. The Morgan fingerprint density at radius 2 is 1.91 bits per heavy atom. The molecule has 0 bridgehead atoms. The predicted octanol–water partition coefficient (Wildman–Crippen LogP) is 3.84. The summed E-state index contributed by atoms with van der Waals surface area (Å²) in [4.78, 5) is 18.2. The highest BCUT2D eigenvalue weighted by molar-refractivity contribution is 9.10. The molecule has 0 unspecified atom stereocenters. The van der Waals surface area contributed by atoms with Gasteiger partial charge in [-0.25, -0.2) is 9.38 Å². The number of hydrogen-bond acceptors (Lipinski definition) is 3. The van der Waals surface area contributed by atoms with Gasteiger partial charge in [0.15, 0.2) is 4.96 Å². The van der Waals surface area contributed by atoms with Crippen molar-refractivity contribution in [3.63, 3.8) is 0 Å². The fraction of sp³-hybridized carbons (Fsp3) is 0.111. The van der Waals surface area contributed by atoms with Crippen molar-refractivity contribution in [3.05, 3.63) is 72.4 Å². The monoisotopic (exact) mass is 384 g/mol. The van der Waals surface area contributed by atoms with E-state index in [0.29, 0.717) is 4.53 Å². The number of nitrogens with zero attached hydrogens (tertiary/aromatic N) is 2. The maximum atomic E-state index is 12.8. The Morgan fingerprint density at radius 1 is 1.17 bits per heavy atom. The molecule has 0 spiro atoms. The van der Waals surface area contributed by atoms with Crippen LogP contribution < -0.4 is 10.1 Å². The van der Waals surface area contributed by atoms with E-state index in [0.717, 1.165) is 26.0 Å². The summed E-state index contributed by atoms with van der Waals surface area (Å²) in [6.45, 7) is 4.12. The smallest absolute Gasteiger partial charge is 0.267 e. The van der Waals surface area contributed by atoms with Crippen LogP contribution in [0.4, 0.5) is 0 Å². The van der Waals surface area contributed by atoms with Crippen LogP contribution >= 0.6 is 27.3 Å². The van der Waals surface area contributed by atoms with E-state index in [1.165, 1.54) is 22.5 Å². The minimum Gasteiger partial charge on any atom is -0.267 e. The van der Waals surface area contributed by atoms with E-state index in [-0.39, 0.29) is 5.56 Å². The van der Waals surface area contributed by atoms with Crippen LogP contribution in [0.1, 0.15) is 16.7 Å². The Bertz CT molecular complexity index is 1170. The first kappa shape index (κ1) is 14.6. The fourth-order valence-electron chi connectivity index (χ4n) is 2.65. The van der Waals surface area contributed by atoms with Crippen LogP contribution in [0.2, 0.25) is 0 Å². The Labute approximate surface area is 145 Å². The van der Waals surface area contributed by atoms with Crippen molar-refractivity contribution < 1.29 is 0 Å². The molecule has 114 valence electrons. The van der Waals surface area contributed by atoms with Crippen LogP contribution in [0.25, 0.3) is 22.1 Å². The molecule has 0 fully saturated rings. The third-order valence-corrected chi connectivity index (χ3v) is 5.74. The molecule has 0 aliphatic carbocycles. The molecule has 2 heterocycles. The Morgan fingerprint density at radius 3 is 2.70 bits per heavy atom. The van der Waals surface area contributed by atoms with Crippen molar-refractivity contribution in [2.75, 3.05) is 0 Å². The van der Waals surface area contributed by atoms with Gasteiger partial charge in [-0.2, -0.15) is 0 Å². The van der Waals surface area contributed by atoms with Crippen LogP contribution in [-0.4, -0.2) is 9.38 Å². The molecule has 0 aliphatic heterocycles. The van der Waals surface area contributed by atoms with Gasteiger partial charge in [-0.3, -0.25) is 4.79 Å². The highest BCUT2D eigenvalue weighted by atomic mass is 79.9. The molecule has 0 aliphatic rings. The second-order valence-electron chi connectivity index (χ2n) is 5.59. The van der Waals surface area contributed by atoms with Gasteiger partial charge in [-0.1, -0.05) is 45.5 Å². The normalized spacial score (nSPS) is 12.6. The highest BCUT2D eigenvalue weighted by Crippen LogP contribution is 2.21. The summed E-state index contributed by atoms with van der Waals surface area (Å²) < 4.78 is 3.39. The Kier molecular flexibility index (Phi) is 3.36. The van der Waals surface area contributed by atoms with Gasteiger partial charge >= 0.3 is 0 Å². The van der Waals surface area contributed by atoms with Gasteiger partial charge in [-0.05, 0) is 54.8 Å². The molecule has 2 aromatic carbocycles. The summed E-state index contributed by atoms with van der Waals surface area (Å²) in [5.74, 6) is 0. The summed E-state index contributed by atoms with van der Waals surface area (Å²) >= 11 is 4.95. The molecule has 3 nitrogen and oxygen atoms in total. The number of imidazole rings is 1. The van der Waals surface area contributed by atoms with Crippen LogP contribution in [0.3, 0.4) is 0 Å². The van der Waals surface area contributed by atoms with E-state index in [4.69, 9.17) is 0 Å². The van der Waals surface area contributed by atoms with Crippen LogP contribution in [-0.2, 0) is 0 Å². The standard InChI is InChI=1S/C18H13BrN2OS/c1-10-7-14-15(8-11(10)2)21-17(22)16(23-18(21)20-14)9-12-5-3-4-6-13(12)19/h3-9H,1-2H3. The summed E-state index contributed by atoms with van der Waals surface area (Å²) in [5, 5.41) is 0. The van der Waals surface area contributed by atoms with Crippen LogP contribution in [0, 0.1) is 13.8 Å². The van der Waals surface area contributed by atoms with E-state index in [1.807, 2.05) is 42.5 Å². The maximum absolute atomic E-state index is 12.8. The minimum atomic E-state index is -0.00786. The number of hydrogen-bond donors (Lipinski definition) is 0. The van der Waals surface area contributed by atoms with Gasteiger partial charge in [0, 0.05) is 4.47 Å². The van der Waals surface area contributed by atoms with Gasteiger partial charge in [0.1, 0.15) is 0 Å². The first-order chi connectivity index (χ1) is 11.0. The second kappa shape index (κ2) is 5.28. The van der Waals surface area contributed by atoms with E-state index in [9.17, 15) is 4.79 Å². The number of halogens is 1. The zero-order chi connectivity index (χ0) is 16.1. The average Bonchev–Trinajstić information content (AvgIpc) is 3.00. The van der Waals surface area contributed by atoms with Crippen LogP contribution in [0.5, 0.6) is 0 Å². The third-order valence-electron chi connectivity index (χ3n) is 4.05. The summed E-state index contributed by atoms with van der Waals surface area (Å²) in [7, 11) is 0. The minimum absolute atomic E-state index is 0.00786. The molecule has 4 rings (SSSR count). The lowest BCUT2D eigenvalue weighted by molar-refractivity contribution is 1.18. The average molecular weight is 385 g/mol. The number of aromatic nitrogens is 2. The number of rotatable bonds is 1.